The molecule has 2 rings (SSSR count). The van der Waals surface area contributed by atoms with Crippen LogP contribution in [0, 0.1) is 10.1 Å². The minimum absolute atomic E-state index is 0.0203. The Morgan fingerprint density at radius 1 is 1.25 bits per heavy atom. The number of benzene rings is 1. The van der Waals surface area contributed by atoms with Crippen LogP contribution in [0.25, 0.3) is 11.3 Å². The molecule has 0 aliphatic rings. The highest BCUT2D eigenvalue weighted by molar-refractivity contribution is 5.71. The van der Waals surface area contributed by atoms with Crippen molar-refractivity contribution in [3.05, 3.63) is 52.7 Å². The number of nitro groups is 1. The van der Waals surface area contributed by atoms with Gasteiger partial charge in [0.1, 0.15) is 5.69 Å². The summed E-state index contributed by atoms with van der Waals surface area (Å²) in [6.45, 7) is 0. The number of nitrogens with zero attached hydrogens (tertiary/aromatic N) is 2. The van der Waals surface area contributed by atoms with E-state index in [-0.39, 0.29) is 5.69 Å². The van der Waals surface area contributed by atoms with Crippen LogP contribution in [0.2, 0.25) is 0 Å². The first-order valence-electron chi connectivity index (χ1n) is 4.64. The van der Waals surface area contributed by atoms with E-state index in [0.29, 0.717) is 16.9 Å². The van der Waals surface area contributed by atoms with Gasteiger partial charge in [-0.1, -0.05) is 12.1 Å². The number of nitrogen functional groups attached to an aromatic ring is 1. The third kappa shape index (κ3) is 1.83. The van der Waals surface area contributed by atoms with Crippen LogP contribution >= 0.6 is 0 Å². The average molecular weight is 215 g/mol. The predicted octanol–water partition coefficient (Wildman–Crippen LogP) is 2.24. The molecule has 1 heterocycles. The molecule has 0 bridgehead atoms. The summed E-state index contributed by atoms with van der Waals surface area (Å²) in [4.78, 5) is 14.4. The van der Waals surface area contributed by atoms with Gasteiger partial charge in [0.05, 0.1) is 4.92 Å². The van der Waals surface area contributed by atoms with Crippen molar-refractivity contribution in [2.75, 3.05) is 5.73 Å². The van der Waals surface area contributed by atoms with E-state index < -0.39 is 4.92 Å². The summed E-state index contributed by atoms with van der Waals surface area (Å²) in [5.41, 5.74) is 7.14. The average Bonchev–Trinajstić information content (AvgIpc) is 2.29. The van der Waals surface area contributed by atoms with E-state index in [1.165, 1.54) is 18.3 Å². The number of hydrogen-bond acceptors (Lipinski definition) is 4. The van der Waals surface area contributed by atoms with E-state index in [4.69, 9.17) is 5.73 Å². The molecule has 0 fully saturated rings. The Morgan fingerprint density at radius 2 is 2.06 bits per heavy atom. The number of rotatable bonds is 2. The number of nitrogens with two attached hydrogens (primary N) is 1. The highest BCUT2D eigenvalue weighted by atomic mass is 16.6. The second-order valence-corrected chi connectivity index (χ2v) is 3.25. The molecule has 0 radical (unpaired) electrons. The molecule has 1 aromatic heterocycles. The van der Waals surface area contributed by atoms with Crippen LogP contribution in [0.1, 0.15) is 0 Å². The Balaban J connectivity index is 2.60. The molecule has 0 aliphatic carbocycles. The van der Waals surface area contributed by atoms with Crippen LogP contribution in [0.4, 0.5) is 11.4 Å². The Hall–Kier alpha value is -2.43. The minimum Gasteiger partial charge on any atom is -0.399 e. The van der Waals surface area contributed by atoms with Crippen LogP contribution in [0.5, 0.6) is 0 Å². The Morgan fingerprint density at radius 3 is 2.75 bits per heavy atom. The third-order valence-corrected chi connectivity index (χ3v) is 2.14. The van der Waals surface area contributed by atoms with Gasteiger partial charge < -0.3 is 5.73 Å². The first-order chi connectivity index (χ1) is 7.68. The van der Waals surface area contributed by atoms with Crippen LogP contribution in [0.15, 0.2) is 42.6 Å². The minimum atomic E-state index is -0.453. The van der Waals surface area contributed by atoms with E-state index in [0.717, 1.165) is 0 Å². The number of hydrogen-bond donors (Lipinski definition) is 1. The summed E-state index contributed by atoms with van der Waals surface area (Å²) in [6, 6.07) is 9.82. The molecule has 2 N–H and O–H groups in total. The zero-order valence-corrected chi connectivity index (χ0v) is 8.33. The molecule has 0 aliphatic heterocycles. The molecule has 80 valence electrons. The first kappa shape index (κ1) is 10.1. The van der Waals surface area contributed by atoms with Gasteiger partial charge in [-0.15, -0.1) is 0 Å². The van der Waals surface area contributed by atoms with Gasteiger partial charge in [-0.3, -0.25) is 10.1 Å². The van der Waals surface area contributed by atoms with Crippen molar-refractivity contribution in [3.8, 4) is 11.3 Å². The lowest BCUT2D eigenvalue weighted by Gasteiger charge is -2.02. The molecule has 0 saturated carbocycles. The topological polar surface area (TPSA) is 82.0 Å². The summed E-state index contributed by atoms with van der Waals surface area (Å²) in [5.74, 6) is 0. The Labute approximate surface area is 91.7 Å². The number of aromatic nitrogens is 1. The fraction of sp³-hybridized carbons (Fsp3) is 0. The Bertz CT molecular complexity index is 540. The molecule has 0 unspecified atom stereocenters. The molecule has 0 spiro atoms. The monoisotopic (exact) mass is 215 g/mol. The highest BCUT2D eigenvalue weighted by Crippen LogP contribution is 2.27. The molecule has 5 heteroatoms. The standard InChI is InChI=1S/C11H9N3O2/c12-9-4-1-3-8(7-9)11-10(14(15)16)5-2-6-13-11/h1-7H,12H2. The van der Waals surface area contributed by atoms with Gasteiger partial charge in [0, 0.05) is 23.5 Å². The fourth-order valence-electron chi connectivity index (χ4n) is 1.45. The van der Waals surface area contributed by atoms with Crippen molar-refractivity contribution in [2.24, 2.45) is 0 Å². The van der Waals surface area contributed by atoms with Crippen molar-refractivity contribution >= 4 is 11.4 Å². The fourth-order valence-corrected chi connectivity index (χ4v) is 1.45. The largest absolute Gasteiger partial charge is 0.399 e. The molecule has 0 saturated heterocycles. The maximum atomic E-state index is 10.8. The summed E-state index contributed by atoms with van der Waals surface area (Å²) < 4.78 is 0. The van der Waals surface area contributed by atoms with Gasteiger partial charge in [0.25, 0.3) is 5.69 Å². The zero-order valence-electron chi connectivity index (χ0n) is 8.33. The van der Waals surface area contributed by atoms with Crippen LogP contribution in [-0.4, -0.2) is 9.91 Å². The van der Waals surface area contributed by atoms with Gasteiger partial charge in [-0.05, 0) is 18.2 Å². The number of anilines is 1. The first-order valence-corrected chi connectivity index (χ1v) is 4.64. The number of pyridine rings is 1. The third-order valence-electron chi connectivity index (χ3n) is 2.14. The van der Waals surface area contributed by atoms with Crippen LogP contribution in [0.3, 0.4) is 0 Å². The maximum Gasteiger partial charge on any atom is 0.295 e. The van der Waals surface area contributed by atoms with Gasteiger partial charge in [0.15, 0.2) is 0 Å². The van der Waals surface area contributed by atoms with E-state index >= 15 is 0 Å². The molecule has 2 aromatic rings. The molecular formula is C11H9N3O2. The van der Waals surface area contributed by atoms with Crippen molar-refractivity contribution in [2.45, 2.75) is 0 Å². The second-order valence-electron chi connectivity index (χ2n) is 3.25. The Kier molecular flexibility index (Phi) is 2.51. The lowest BCUT2D eigenvalue weighted by molar-refractivity contribution is -0.384. The van der Waals surface area contributed by atoms with Crippen molar-refractivity contribution < 1.29 is 4.92 Å². The predicted molar refractivity (Wildman–Crippen MR) is 60.7 cm³/mol. The quantitative estimate of drug-likeness (QED) is 0.473. The lowest BCUT2D eigenvalue weighted by atomic mass is 10.1. The summed E-state index contributed by atoms with van der Waals surface area (Å²) in [7, 11) is 0. The molecule has 0 amide bonds. The van der Waals surface area contributed by atoms with Gasteiger partial charge in [-0.2, -0.15) is 0 Å². The van der Waals surface area contributed by atoms with Crippen molar-refractivity contribution in [1.29, 1.82) is 0 Å². The summed E-state index contributed by atoms with van der Waals surface area (Å²) in [6.07, 6.45) is 1.52. The molecule has 0 atom stereocenters. The second kappa shape index (κ2) is 3.98. The molecule has 1 aromatic carbocycles. The summed E-state index contributed by atoms with van der Waals surface area (Å²) in [5, 5.41) is 10.8. The van der Waals surface area contributed by atoms with Gasteiger partial charge >= 0.3 is 0 Å². The highest BCUT2D eigenvalue weighted by Gasteiger charge is 2.15. The van der Waals surface area contributed by atoms with Crippen molar-refractivity contribution in [3.63, 3.8) is 0 Å². The van der Waals surface area contributed by atoms with Gasteiger partial charge in [-0.25, -0.2) is 4.98 Å². The van der Waals surface area contributed by atoms with E-state index in [2.05, 4.69) is 4.98 Å². The van der Waals surface area contributed by atoms with Crippen molar-refractivity contribution in [1.82, 2.24) is 4.98 Å². The van der Waals surface area contributed by atoms with E-state index in [1.807, 2.05) is 0 Å². The van der Waals surface area contributed by atoms with E-state index in [9.17, 15) is 10.1 Å². The smallest absolute Gasteiger partial charge is 0.295 e. The SMILES string of the molecule is Nc1cccc(-c2ncccc2[N+](=O)[O-])c1. The molecular weight excluding hydrogens is 206 g/mol. The van der Waals surface area contributed by atoms with Gasteiger partial charge in [0.2, 0.25) is 0 Å². The maximum absolute atomic E-state index is 10.8. The van der Waals surface area contributed by atoms with E-state index in [1.54, 1.807) is 24.3 Å². The molecule has 5 nitrogen and oxygen atoms in total. The molecule has 16 heavy (non-hydrogen) atoms. The van der Waals surface area contributed by atoms with Crippen LogP contribution in [-0.2, 0) is 0 Å². The normalized spacial score (nSPS) is 10.0. The van der Waals surface area contributed by atoms with Crippen LogP contribution < -0.4 is 5.73 Å². The zero-order chi connectivity index (χ0) is 11.5. The lowest BCUT2D eigenvalue weighted by Crippen LogP contribution is -1.94. The summed E-state index contributed by atoms with van der Waals surface area (Å²) >= 11 is 0.